The summed E-state index contributed by atoms with van der Waals surface area (Å²) in [6.07, 6.45) is -9.41. The predicted molar refractivity (Wildman–Crippen MR) is 84.5 cm³/mol. The number of halogens is 7. The van der Waals surface area contributed by atoms with E-state index in [1.807, 2.05) is 0 Å². The number of anilines is 1. The van der Waals surface area contributed by atoms with Crippen LogP contribution in [0.15, 0.2) is 41.1 Å². The summed E-state index contributed by atoms with van der Waals surface area (Å²) >= 11 is 3.11. The van der Waals surface area contributed by atoms with E-state index in [0.29, 0.717) is 16.6 Å². The molecule has 0 unspecified atom stereocenters. The van der Waals surface area contributed by atoms with Crippen LogP contribution in [-0.2, 0) is 16.8 Å². The number of amides is 1. The molecule has 27 heavy (non-hydrogen) atoms. The fourth-order valence-corrected chi connectivity index (χ4v) is 2.27. The van der Waals surface area contributed by atoms with E-state index in [2.05, 4.69) is 31.2 Å². The van der Waals surface area contributed by atoms with Crippen molar-refractivity contribution in [2.24, 2.45) is 0 Å². The van der Waals surface area contributed by atoms with Crippen molar-refractivity contribution in [1.82, 2.24) is 9.97 Å². The van der Waals surface area contributed by atoms with Gasteiger partial charge in [0.1, 0.15) is 5.82 Å². The Bertz CT molecular complexity index is 792. The lowest BCUT2D eigenvalue weighted by Crippen LogP contribution is -2.53. The van der Waals surface area contributed by atoms with Crippen molar-refractivity contribution in [2.75, 3.05) is 5.32 Å². The zero-order chi connectivity index (χ0) is 20.5. The number of carbonyl (C=O) groups excluding carboxylic acids is 1. The molecule has 1 aromatic heterocycles. The fraction of sp³-hybridized carbons (Fsp3) is 0.267. The number of rotatable bonds is 4. The van der Waals surface area contributed by atoms with E-state index in [-0.39, 0.29) is 17.9 Å². The van der Waals surface area contributed by atoms with Crippen molar-refractivity contribution in [3.8, 4) is 0 Å². The van der Waals surface area contributed by atoms with E-state index < -0.39 is 29.4 Å². The molecule has 0 aliphatic carbocycles. The minimum Gasteiger partial charge on any atom is -0.369 e. The zero-order valence-corrected chi connectivity index (χ0v) is 14.7. The highest BCUT2D eigenvalue weighted by atomic mass is 79.9. The van der Waals surface area contributed by atoms with E-state index in [0.717, 1.165) is 12.1 Å². The predicted octanol–water partition coefficient (Wildman–Crippen LogP) is 3.73. The van der Waals surface area contributed by atoms with Gasteiger partial charge in [-0.2, -0.15) is 26.3 Å². The molecule has 2 aromatic rings. The molecule has 146 valence electrons. The molecule has 0 saturated heterocycles. The molecule has 0 radical (unpaired) electrons. The maximum atomic E-state index is 12.8. The van der Waals surface area contributed by atoms with Crippen LogP contribution in [0.25, 0.3) is 0 Å². The van der Waals surface area contributed by atoms with Crippen molar-refractivity contribution in [1.29, 1.82) is 0 Å². The van der Waals surface area contributed by atoms with Crippen LogP contribution >= 0.6 is 15.9 Å². The van der Waals surface area contributed by atoms with Crippen LogP contribution in [0.3, 0.4) is 0 Å². The van der Waals surface area contributed by atoms with E-state index in [1.165, 1.54) is 12.4 Å². The lowest BCUT2D eigenvalue weighted by atomic mass is 9.92. The summed E-state index contributed by atoms with van der Waals surface area (Å²) in [4.78, 5) is 19.6. The number of alkyl halides is 6. The van der Waals surface area contributed by atoms with Crippen molar-refractivity contribution < 1.29 is 36.2 Å². The summed E-state index contributed by atoms with van der Waals surface area (Å²) in [5.41, 5.74) is -6.50. The highest BCUT2D eigenvalue weighted by Crippen LogP contribution is 2.50. The number of hydrogen-bond acceptors (Lipinski definition) is 4. The quantitative estimate of drug-likeness (QED) is 0.686. The molecule has 0 saturated carbocycles. The third kappa shape index (κ3) is 4.56. The van der Waals surface area contributed by atoms with E-state index in [1.54, 1.807) is 0 Å². The van der Waals surface area contributed by atoms with Crippen LogP contribution in [0.2, 0.25) is 0 Å². The Hall–Kier alpha value is -2.21. The zero-order valence-electron chi connectivity index (χ0n) is 13.1. The lowest BCUT2D eigenvalue weighted by Gasteiger charge is -2.32. The van der Waals surface area contributed by atoms with Crippen LogP contribution in [0.1, 0.15) is 11.4 Å². The molecule has 1 aromatic carbocycles. The average Bonchev–Trinajstić information content (AvgIpc) is 2.55. The van der Waals surface area contributed by atoms with Gasteiger partial charge in [0.15, 0.2) is 0 Å². The van der Waals surface area contributed by atoms with Crippen LogP contribution < -0.4 is 5.32 Å². The Morgan fingerprint density at radius 3 is 1.93 bits per heavy atom. The number of benzene rings is 1. The number of aliphatic hydroxyl groups is 1. The summed E-state index contributed by atoms with van der Waals surface area (Å²) in [6, 6.07) is 2.51. The van der Waals surface area contributed by atoms with Gasteiger partial charge in [-0.3, -0.25) is 4.79 Å². The van der Waals surface area contributed by atoms with Gasteiger partial charge in [0.2, 0.25) is 5.91 Å². The minimum absolute atomic E-state index is 0.0624. The Morgan fingerprint density at radius 1 is 1.00 bits per heavy atom. The molecule has 5 nitrogen and oxygen atoms in total. The summed E-state index contributed by atoms with van der Waals surface area (Å²) in [5.74, 6) is -0.470. The Kier molecular flexibility index (Phi) is 5.80. The fourth-order valence-electron chi connectivity index (χ4n) is 2.06. The van der Waals surface area contributed by atoms with E-state index >= 15 is 0 Å². The minimum atomic E-state index is -5.98. The third-order valence-corrected chi connectivity index (χ3v) is 3.81. The number of hydrogen-bond donors (Lipinski definition) is 2. The van der Waals surface area contributed by atoms with E-state index in [4.69, 9.17) is 0 Å². The first-order valence-electron chi connectivity index (χ1n) is 7.07. The molecule has 1 amide bonds. The van der Waals surface area contributed by atoms with E-state index in [9.17, 15) is 36.2 Å². The Morgan fingerprint density at radius 2 is 1.48 bits per heavy atom. The van der Waals surface area contributed by atoms with Gasteiger partial charge >= 0.3 is 12.4 Å². The molecule has 0 bridgehead atoms. The summed E-state index contributed by atoms with van der Waals surface area (Å²) < 4.78 is 77.4. The topological polar surface area (TPSA) is 75.1 Å². The molecule has 1 heterocycles. The van der Waals surface area contributed by atoms with Gasteiger partial charge in [0.05, 0.1) is 10.9 Å². The second kappa shape index (κ2) is 7.43. The second-order valence-corrected chi connectivity index (χ2v) is 6.24. The van der Waals surface area contributed by atoms with Gasteiger partial charge in [0.25, 0.3) is 5.60 Å². The lowest BCUT2D eigenvalue weighted by molar-refractivity contribution is -0.376. The molecular formula is C15H10BrF6N3O2. The van der Waals surface area contributed by atoms with Crippen molar-refractivity contribution >= 4 is 27.5 Å². The average molecular weight is 458 g/mol. The van der Waals surface area contributed by atoms with Gasteiger partial charge in [-0.15, -0.1) is 0 Å². The largest absolute Gasteiger partial charge is 0.430 e. The Balaban J connectivity index is 2.16. The van der Waals surface area contributed by atoms with Crippen LogP contribution in [0, 0.1) is 0 Å². The van der Waals surface area contributed by atoms with Crippen LogP contribution in [0.4, 0.5) is 32.0 Å². The first kappa shape index (κ1) is 21.1. The van der Waals surface area contributed by atoms with Crippen molar-refractivity contribution in [3.63, 3.8) is 0 Å². The number of aromatic nitrogens is 2. The summed E-state index contributed by atoms with van der Waals surface area (Å²) in [5, 5.41) is 11.6. The third-order valence-electron chi connectivity index (χ3n) is 3.40. The Labute approximate surface area is 156 Å². The molecule has 2 rings (SSSR count). The monoisotopic (exact) mass is 457 g/mol. The summed E-state index contributed by atoms with van der Waals surface area (Å²) in [6.45, 7) is 0. The SMILES string of the molecule is O=C(Cc1ncc(Br)cn1)Nc1ccc(C(O)(C(F)(F)F)C(F)(F)F)cc1. The molecule has 0 atom stereocenters. The molecule has 0 aliphatic rings. The standard InChI is InChI=1S/C15H10BrF6N3O2/c16-9-6-23-11(24-7-9)5-12(26)25-10-3-1-8(2-4-10)13(27,14(17,18)19)15(20,21)22/h1-4,6-7,27H,5H2,(H,25,26). The molecular weight excluding hydrogens is 448 g/mol. The highest BCUT2D eigenvalue weighted by molar-refractivity contribution is 9.10. The summed E-state index contributed by atoms with van der Waals surface area (Å²) in [7, 11) is 0. The molecule has 0 spiro atoms. The smallest absolute Gasteiger partial charge is 0.369 e. The number of nitrogens with zero attached hydrogens (tertiary/aromatic N) is 2. The van der Waals surface area contributed by atoms with Gasteiger partial charge in [-0.25, -0.2) is 9.97 Å². The molecule has 2 N–H and O–H groups in total. The van der Waals surface area contributed by atoms with Crippen LogP contribution in [0.5, 0.6) is 0 Å². The normalized spacial score (nSPS) is 12.7. The number of nitrogens with one attached hydrogen (secondary N) is 1. The van der Waals surface area contributed by atoms with Gasteiger partial charge in [-0.05, 0) is 28.1 Å². The molecule has 0 aliphatic heterocycles. The van der Waals surface area contributed by atoms with Gasteiger partial charge < -0.3 is 10.4 Å². The van der Waals surface area contributed by atoms with Gasteiger partial charge in [-0.1, -0.05) is 12.1 Å². The number of carbonyl (C=O) groups is 1. The highest BCUT2D eigenvalue weighted by Gasteiger charge is 2.71. The first-order chi connectivity index (χ1) is 12.3. The second-order valence-electron chi connectivity index (χ2n) is 5.33. The van der Waals surface area contributed by atoms with Gasteiger partial charge in [0, 0.05) is 23.6 Å². The van der Waals surface area contributed by atoms with Crippen molar-refractivity contribution in [2.45, 2.75) is 24.4 Å². The maximum absolute atomic E-state index is 12.8. The first-order valence-corrected chi connectivity index (χ1v) is 7.86. The van der Waals surface area contributed by atoms with Crippen molar-refractivity contribution in [3.05, 3.63) is 52.5 Å². The molecule has 0 fully saturated rings. The maximum Gasteiger partial charge on any atom is 0.430 e. The molecule has 12 heteroatoms. The van der Waals surface area contributed by atoms with Crippen LogP contribution in [-0.4, -0.2) is 33.3 Å².